The highest BCUT2D eigenvalue weighted by molar-refractivity contribution is 7.12. The molecule has 1 aliphatic heterocycles. The van der Waals surface area contributed by atoms with E-state index in [-0.39, 0.29) is 23.6 Å². The molecule has 9 nitrogen and oxygen atoms in total. The lowest BCUT2D eigenvalue weighted by Gasteiger charge is -2.34. The van der Waals surface area contributed by atoms with Crippen LogP contribution in [0.5, 0.6) is 0 Å². The number of nitrogens with two attached hydrogens (primary N) is 1. The van der Waals surface area contributed by atoms with Crippen molar-refractivity contribution >= 4 is 35.1 Å². The molecule has 0 unspecified atom stereocenters. The number of thiophene rings is 1. The first kappa shape index (κ1) is 23.1. The molecule has 1 aromatic rings. The maximum atomic E-state index is 13.4. The van der Waals surface area contributed by atoms with Crippen molar-refractivity contribution in [2.45, 2.75) is 63.6 Å². The number of alkyl carbamates (subject to hydrolysis) is 1. The van der Waals surface area contributed by atoms with Gasteiger partial charge >= 0.3 is 6.09 Å². The molecule has 170 valence electrons. The summed E-state index contributed by atoms with van der Waals surface area (Å²) in [6, 6.07) is 0.560. The molecule has 2 aliphatic rings. The van der Waals surface area contributed by atoms with Gasteiger partial charge in [-0.05, 0) is 48.6 Å². The Bertz CT molecular complexity index is 820. The van der Waals surface area contributed by atoms with Gasteiger partial charge in [-0.1, -0.05) is 19.3 Å². The number of nitrogens with zero attached hydrogens (tertiary/aromatic N) is 1. The molecular weight excluding hydrogens is 418 g/mol. The summed E-state index contributed by atoms with van der Waals surface area (Å²) < 4.78 is 4.74. The Morgan fingerprint density at radius 1 is 1.26 bits per heavy atom. The second kappa shape index (κ2) is 10.6. The van der Waals surface area contributed by atoms with Crippen LogP contribution in [0, 0.1) is 11.3 Å². The van der Waals surface area contributed by atoms with E-state index < -0.39 is 18.2 Å². The third-order valence-corrected chi connectivity index (χ3v) is 7.08. The number of nitrogen functional groups attached to an aromatic ring is 1. The minimum absolute atomic E-state index is 0.00185. The largest absolute Gasteiger partial charge is 0.453 e. The molecule has 2 fully saturated rings. The summed E-state index contributed by atoms with van der Waals surface area (Å²) in [7, 11) is 1.28. The average molecular weight is 450 g/mol. The summed E-state index contributed by atoms with van der Waals surface area (Å²) in [4.78, 5) is 40.4. The zero-order valence-electron chi connectivity index (χ0n) is 17.8. The molecule has 0 radical (unpaired) electrons. The second-order valence-electron chi connectivity index (χ2n) is 8.15. The number of hydrogen-bond donors (Lipinski definition) is 4. The van der Waals surface area contributed by atoms with Gasteiger partial charge in [0.25, 0.3) is 0 Å². The summed E-state index contributed by atoms with van der Waals surface area (Å²) in [5, 5.41) is 15.0. The molecule has 1 aromatic heterocycles. The van der Waals surface area contributed by atoms with Gasteiger partial charge in [-0.2, -0.15) is 0 Å². The highest BCUT2D eigenvalue weighted by Crippen LogP contribution is 2.29. The minimum Gasteiger partial charge on any atom is -0.453 e. The number of methoxy groups -OCH3 is 1. The van der Waals surface area contributed by atoms with Gasteiger partial charge in [0.1, 0.15) is 17.9 Å². The van der Waals surface area contributed by atoms with Crippen LogP contribution in [-0.4, -0.2) is 54.4 Å². The lowest BCUT2D eigenvalue weighted by Crippen LogP contribution is -2.56. The monoisotopic (exact) mass is 449 g/mol. The predicted molar refractivity (Wildman–Crippen MR) is 118 cm³/mol. The number of amides is 3. The van der Waals surface area contributed by atoms with Gasteiger partial charge in [-0.15, -0.1) is 11.3 Å². The molecule has 3 rings (SSSR count). The van der Waals surface area contributed by atoms with Gasteiger partial charge in [0.15, 0.2) is 0 Å². The van der Waals surface area contributed by atoms with Crippen molar-refractivity contribution in [1.82, 2.24) is 15.5 Å². The number of carbonyl (C=O) groups is 3. The van der Waals surface area contributed by atoms with Crippen LogP contribution in [0.15, 0.2) is 11.4 Å². The highest BCUT2D eigenvalue weighted by Gasteiger charge is 2.40. The second-order valence-corrected chi connectivity index (χ2v) is 9.06. The molecule has 3 amide bonds. The number of amidine groups is 1. The number of ether oxygens (including phenoxy) is 1. The van der Waals surface area contributed by atoms with E-state index in [1.54, 1.807) is 11.0 Å². The molecule has 1 aliphatic carbocycles. The van der Waals surface area contributed by atoms with Crippen molar-refractivity contribution in [3.05, 3.63) is 21.9 Å². The SMILES string of the molecule is COC(=O)N[C@@H](C(=O)N1CCC[C@H]1C(=O)NCc1csc(C(=N)N)c1)C1CCCCC1. The molecule has 0 spiro atoms. The average Bonchev–Trinajstić information content (AvgIpc) is 3.45. The Morgan fingerprint density at radius 2 is 2.00 bits per heavy atom. The maximum absolute atomic E-state index is 13.4. The molecule has 5 N–H and O–H groups in total. The summed E-state index contributed by atoms with van der Waals surface area (Å²) in [5.41, 5.74) is 6.36. The Labute approximate surface area is 186 Å². The smallest absolute Gasteiger partial charge is 0.407 e. The molecule has 1 saturated carbocycles. The first-order chi connectivity index (χ1) is 14.9. The topological polar surface area (TPSA) is 138 Å². The van der Waals surface area contributed by atoms with Crippen molar-refractivity contribution in [3.63, 3.8) is 0 Å². The van der Waals surface area contributed by atoms with Crippen molar-refractivity contribution in [2.24, 2.45) is 11.7 Å². The third-order valence-electron chi connectivity index (χ3n) is 6.07. The molecule has 2 heterocycles. The Balaban J connectivity index is 1.65. The van der Waals surface area contributed by atoms with Crippen LogP contribution < -0.4 is 16.4 Å². The summed E-state index contributed by atoms with van der Waals surface area (Å²) >= 11 is 1.36. The number of likely N-dealkylation sites (tertiary alicyclic amines) is 1. The quantitative estimate of drug-likeness (QED) is 0.372. The van der Waals surface area contributed by atoms with Gasteiger partial charge in [0.2, 0.25) is 11.8 Å². The van der Waals surface area contributed by atoms with Gasteiger partial charge in [-0.3, -0.25) is 15.0 Å². The van der Waals surface area contributed by atoms with E-state index in [9.17, 15) is 14.4 Å². The van der Waals surface area contributed by atoms with Crippen LogP contribution in [0.2, 0.25) is 0 Å². The van der Waals surface area contributed by atoms with Gasteiger partial charge in [0.05, 0.1) is 12.0 Å². The Kier molecular flexibility index (Phi) is 7.89. The van der Waals surface area contributed by atoms with Crippen LogP contribution in [-0.2, 0) is 20.9 Å². The van der Waals surface area contributed by atoms with E-state index >= 15 is 0 Å². The molecular formula is C21H31N5O4S. The van der Waals surface area contributed by atoms with Gasteiger partial charge < -0.3 is 26.0 Å². The number of carbonyl (C=O) groups excluding carboxylic acids is 3. The number of hydrogen-bond acceptors (Lipinski definition) is 6. The molecule has 31 heavy (non-hydrogen) atoms. The lowest BCUT2D eigenvalue weighted by atomic mass is 9.83. The van der Waals surface area contributed by atoms with Crippen LogP contribution >= 0.6 is 11.3 Å². The Hall–Kier alpha value is -2.62. The van der Waals surface area contributed by atoms with E-state index in [1.165, 1.54) is 18.4 Å². The number of nitrogens with one attached hydrogen (secondary N) is 3. The number of rotatable bonds is 7. The minimum atomic E-state index is -0.670. The lowest BCUT2D eigenvalue weighted by molar-refractivity contribution is -0.141. The van der Waals surface area contributed by atoms with Gasteiger partial charge in [-0.25, -0.2) is 4.79 Å². The van der Waals surface area contributed by atoms with Crippen LogP contribution in [0.3, 0.4) is 0 Å². The fourth-order valence-electron chi connectivity index (χ4n) is 4.43. The fourth-order valence-corrected chi connectivity index (χ4v) is 5.21. The van der Waals surface area contributed by atoms with E-state index in [2.05, 4.69) is 10.6 Å². The molecule has 2 atom stereocenters. The van der Waals surface area contributed by atoms with E-state index in [0.29, 0.717) is 24.4 Å². The highest BCUT2D eigenvalue weighted by atomic mass is 32.1. The third kappa shape index (κ3) is 5.75. The first-order valence-electron chi connectivity index (χ1n) is 10.7. The van der Waals surface area contributed by atoms with Crippen LogP contribution in [0.1, 0.15) is 55.4 Å². The zero-order chi connectivity index (χ0) is 22.4. The van der Waals surface area contributed by atoms with Crippen LogP contribution in [0.4, 0.5) is 4.79 Å². The van der Waals surface area contributed by atoms with Gasteiger partial charge in [0, 0.05) is 13.1 Å². The zero-order valence-corrected chi connectivity index (χ0v) is 18.6. The maximum Gasteiger partial charge on any atom is 0.407 e. The molecule has 0 bridgehead atoms. The van der Waals surface area contributed by atoms with Crippen LogP contribution in [0.25, 0.3) is 0 Å². The first-order valence-corrected chi connectivity index (χ1v) is 11.6. The molecule has 0 aromatic carbocycles. The van der Waals surface area contributed by atoms with Crippen molar-refractivity contribution in [3.8, 4) is 0 Å². The van der Waals surface area contributed by atoms with E-state index in [4.69, 9.17) is 15.9 Å². The standard InChI is InChI=1S/C21H31N5O4S/c1-30-21(29)25-17(14-6-3-2-4-7-14)20(28)26-9-5-8-15(26)19(27)24-11-13-10-16(18(22)23)31-12-13/h10,12,14-15,17H,2-9,11H2,1H3,(H3,22,23)(H,24,27)(H,25,29)/t15-,17+/m0/s1. The predicted octanol–water partition coefficient (Wildman–Crippen LogP) is 1.94. The van der Waals surface area contributed by atoms with Crippen molar-refractivity contribution < 1.29 is 19.1 Å². The Morgan fingerprint density at radius 3 is 2.65 bits per heavy atom. The summed E-state index contributed by atoms with van der Waals surface area (Å²) in [5.74, 6) is -0.353. The van der Waals surface area contributed by atoms with E-state index in [1.807, 2.05) is 5.38 Å². The van der Waals surface area contributed by atoms with Crippen molar-refractivity contribution in [2.75, 3.05) is 13.7 Å². The summed E-state index contributed by atoms with van der Waals surface area (Å²) in [6.07, 6.45) is 5.67. The summed E-state index contributed by atoms with van der Waals surface area (Å²) in [6.45, 7) is 0.809. The normalized spacial score (nSPS) is 20.2. The van der Waals surface area contributed by atoms with E-state index in [0.717, 1.165) is 44.1 Å². The molecule has 1 saturated heterocycles. The molecule has 10 heteroatoms. The fraction of sp³-hybridized carbons (Fsp3) is 0.619. The van der Waals surface area contributed by atoms with Crippen molar-refractivity contribution in [1.29, 1.82) is 5.41 Å².